The number of benzene rings is 1. The van der Waals surface area contributed by atoms with E-state index in [4.69, 9.17) is 11.5 Å². The molecule has 0 bridgehead atoms. The third-order valence-corrected chi connectivity index (χ3v) is 6.19. The summed E-state index contributed by atoms with van der Waals surface area (Å²) in [6.45, 7) is 0.459. The van der Waals surface area contributed by atoms with E-state index in [1.54, 1.807) is 12.1 Å². The molecule has 14 nitrogen and oxygen atoms in total. The molecule has 39 heavy (non-hydrogen) atoms. The second-order valence-electron chi connectivity index (χ2n) is 9.10. The lowest BCUT2D eigenvalue weighted by atomic mass is 10.0. The quantitative estimate of drug-likeness (QED) is 0.0718. The van der Waals surface area contributed by atoms with Gasteiger partial charge in [0.2, 0.25) is 17.7 Å². The van der Waals surface area contributed by atoms with Crippen molar-refractivity contribution >= 4 is 35.6 Å². The topological polar surface area (TPSA) is 227 Å². The summed E-state index contributed by atoms with van der Waals surface area (Å²) in [4.78, 5) is 67.5. The number of carboxylic acid groups (broad SMARTS) is 1. The van der Waals surface area contributed by atoms with E-state index in [1.807, 2.05) is 0 Å². The molecule has 1 aromatic carbocycles. The number of guanidine groups is 1. The summed E-state index contributed by atoms with van der Waals surface area (Å²) in [6, 6.07) is 2.75. The number of carbonyl (C=O) groups is 5. The van der Waals surface area contributed by atoms with Crippen molar-refractivity contribution in [3.63, 3.8) is 0 Å². The number of likely N-dealkylation sites (tertiary alicyclic amines) is 1. The zero-order chi connectivity index (χ0) is 28.9. The van der Waals surface area contributed by atoms with Gasteiger partial charge in [-0.15, -0.1) is 0 Å². The van der Waals surface area contributed by atoms with Crippen LogP contribution in [0.3, 0.4) is 0 Å². The number of nitrogens with two attached hydrogens (primary N) is 2. The Morgan fingerprint density at radius 2 is 1.79 bits per heavy atom. The highest BCUT2D eigenvalue weighted by Gasteiger charge is 2.38. The molecule has 0 aromatic heterocycles. The van der Waals surface area contributed by atoms with Gasteiger partial charge in [0.1, 0.15) is 23.9 Å². The molecule has 14 heteroatoms. The maximum absolute atomic E-state index is 13.5. The molecule has 3 amide bonds. The summed E-state index contributed by atoms with van der Waals surface area (Å²) in [5.41, 5.74) is 11.3. The highest BCUT2D eigenvalue weighted by molar-refractivity contribution is 5.94. The number of carboxylic acids is 1. The molecule has 1 saturated heterocycles. The number of esters is 1. The lowest BCUT2D eigenvalue weighted by Crippen LogP contribution is -2.55. The van der Waals surface area contributed by atoms with E-state index in [9.17, 15) is 34.2 Å². The van der Waals surface area contributed by atoms with Crippen molar-refractivity contribution < 1.29 is 38.9 Å². The predicted octanol–water partition coefficient (Wildman–Crippen LogP) is -1.01. The Kier molecular flexibility index (Phi) is 12.0. The van der Waals surface area contributed by atoms with Crippen LogP contribution in [-0.4, -0.2) is 89.1 Å². The molecule has 214 valence electrons. The minimum Gasteiger partial charge on any atom is -0.508 e. The molecule has 1 aromatic rings. The summed E-state index contributed by atoms with van der Waals surface area (Å²) in [7, 11) is 1.20. The average Bonchev–Trinajstić information content (AvgIpc) is 3.39. The molecule has 0 unspecified atom stereocenters. The summed E-state index contributed by atoms with van der Waals surface area (Å²) in [6.07, 6.45) is 0.977. The number of rotatable bonds is 14. The maximum Gasteiger partial charge on any atom is 0.326 e. The predicted molar refractivity (Wildman–Crippen MR) is 139 cm³/mol. The van der Waals surface area contributed by atoms with E-state index in [0.29, 0.717) is 24.8 Å². The Morgan fingerprint density at radius 3 is 2.41 bits per heavy atom. The number of carbonyl (C=O) groups excluding carboxylic acids is 4. The molecule has 1 aliphatic rings. The van der Waals surface area contributed by atoms with E-state index in [-0.39, 0.29) is 50.5 Å². The lowest BCUT2D eigenvalue weighted by Gasteiger charge is -2.29. The molecular formula is C25H36N6O8. The number of ether oxygens (including phenoxy) is 1. The zero-order valence-electron chi connectivity index (χ0n) is 21.8. The number of phenols is 1. The second-order valence-corrected chi connectivity index (χ2v) is 9.10. The fourth-order valence-electron chi connectivity index (χ4n) is 4.18. The van der Waals surface area contributed by atoms with Crippen LogP contribution in [0.25, 0.3) is 0 Å². The first-order valence-electron chi connectivity index (χ1n) is 12.5. The minimum absolute atomic E-state index is 0.0221. The van der Waals surface area contributed by atoms with E-state index >= 15 is 0 Å². The number of aliphatic carboxylic acids is 1. The van der Waals surface area contributed by atoms with Gasteiger partial charge in [0.05, 0.1) is 13.5 Å². The standard InChI is InChI=1S/C25H36N6O8/c1-39-21(34)11-10-20(33)29-17(4-2-12-28-25(26)27)23(36)31-13-3-5-19(31)22(35)30-18(24(37)38)14-15-6-8-16(32)9-7-15/h6-9,17-19,32H,2-5,10-14H2,1H3,(H,29,33)(H,30,35)(H,37,38)(H4,26,27,28)/t17-,18-,19-/m0/s1. The summed E-state index contributed by atoms with van der Waals surface area (Å²) < 4.78 is 4.54. The van der Waals surface area contributed by atoms with Crippen LogP contribution in [0.1, 0.15) is 44.1 Å². The Balaban J connectivity index is 2.11. The van der Waals surface area contributed by atoms with Crippen LogP contribution < -0.4 is 22.1 Å². The molecular weight excluding hydrogens is 512 g/mol. The molecule has 1 heterocycles. The number of methoxy groups -OCH3 is 1. The van der Waals surface area contributed by atoms with Crippen molar-refractivity contribution in [2.24, 2.45) is 16.5 Å². The Bertz CT molecular complexity index is 1060. The zero-order valence-corrected chi connectivity index (χ0v) is 21.8. The number of aromatic hydroxyl groups is 1. The second kappa shape index (κ2) is 15.1. The first-order valence-corrected chi connectivity index (χ1v) is 12.5. The van der Waals surface area contributed by atoms with Crippen molar-refractivity contribution in [2.75, 3.05) is 20.2 Å². The van der Waals surface area contributed by atoms with Crippen LogP contribution in [0.4, 0.5) is 0 Å². The molecule has 0 radical (unpaired) electrons. The number of aliphatic imine (C=N–C) groups is 1. The summed E-state index contributed by atoms with van der Waals surface area (Å²) >= 11 is 0. The smallest absolute Gasteiger partial charge is 0.326 e. The Hall–Kier alpha value is -4.36. The first kappa shape index (κ1) is 30.9. The molecule has 0 saturated carbocycles. The van der Waals surface area contributed by atoms with Crippen molar-refractivity contribution in [3.05, 3.63) is 29.8 Å². The molecule has 3 atom stereocenters. The minimum atomic E-state index is -1.26. The molecule has 2 rings (SSSR count). The van der Waals surface area contributed by atoms with Gasteiger partial charge in [-0.1, -0.05) is 12.1 Å². The number of hydrogen-bond acceptors (Lipinski definition) is 8. The van der Waals surface area contributed by atoms with E-state index < -0.39 is 47.8 Å². The molecule has 0 spiro atoms. The Morgan fingerprint density at radius 1 is 1.10 bits per heavy atom. The van der Waals surface area contributed by atoms with Crippen LogP contribution in [0.5, 0.6) is 5.75 Å². The Labute approximate surface area is 225 Å². The third kappa shape index (κ3) is 10.1. The fourth-order valence-corrected chi connectivity index (χ4v) is 4.18. The summed E-state index contributed by atoms with van der Waals surface area (Å²) in [5.74, 6) is -3.57. The largest absolute Gasteiger partial charge is 0.508 e. The van der Waals surface area contributed by atoms with Crippen LogP contribution >= 0.6 is 0 Å². The van der Waals surface area contributed by atoms with Crippen molar-refractivity contribution in [3.8, 4) is 5.75 Å². The van der Waals surface area contributed by atoms with Gasteiger partial charge in [-0.2, -0.15) is 0 Å². The highest BCUT2D eigenvalue weighted by Crippen LogP contribution is 2.21. The van der Waals surface area contributed by atoms with Crippen LogP contribution in [0, 0.1) is 0 Å². The number of nitrogens with zero attached hydrogens (tertiary/aromatic N) is 2. The molecule has 1 aliphatic heterocycles. The van der Waals surface area contributed by atoms with Gasteiger partial charge in [-0.25, -0.2) is 4.79 Å². The van der Waals surface area contributed by atoms with E-state index in [0.717, 1.165) is 0 Å². The van der Waals surface area contributed by atoms with Gasteiger partial charge < -0.3 is 42.0 Å². The van der Waals surface area contributed by atoms with E-state index in [1.165, 1.54) is 24.1 Å². The van der Waals surface area contributed by atoms with Crippen LogP contribution in [0.15, 0.2) is 29.3 Å². The van der Waals surface area contributed by atoms with Gasteiger partial charge in [0.15, 0.2) is 5.96 Å². The van der Waals surface area contributed by atoms with E-state index in [2.05, 4.69) is 20.4 Å². The van der Waals surface area contributed by atoms with Crippen molar-refractivity contribution in [2.45, 2.75) is 63.1 Å². The van der Waals surface area contributed by atoms with Gasteiger partial charge in [0, 0.05) is 25.9 Å². The molecule has 1 fully saturated rings. The van der Waals surface area contributed by atoms with Crippen LogP contribution in [0.2, 0.25) is 0 Å². The maximum atomic E-state index is 13.5. The monoisotopic (exact) mass is 548 g/mol. The number of nitrogens with one attached hydrogen (secondary N) is 2. The fraction of sp³-hybridized carbons (Fsp3) is 0.520. The lowest BCUT2D eigenvalue weighted by molar-refractivity contribution is -0.145. The van der Waals surface area contributed by atoms with Gasteiger partial charge in [-0.3, -0.25) is 24.2 Å². The normalized spacial score (nSPS) is 16.0. The van der Waals surface area contributed by atoms with Gasteiger partial charge >= 0.3 is 11.9 Å². The summed E-state index contributed by atoms with van der Waals surface area (Å²) in [5, 5.41) is 24.2. The first-order chi connectivity index (χ1) is 18.5. The number of hydrogen-bond donors (Lipinski definition) is 6. The number of phenolic OH excluding ortho intramolecular Hbond substituents is 1. The average molecular weight is 549 g/mol. The SMILES string of the molecule is COC(=O)CCC(=O)N[C@@H](CCCN=C(N)N)C(=O)N1CCC[C@H]1C(=O)N[C@@H](Cc1ccc(O)cc1)C(=O)O. The molecule has 8 N–H and O–H groups in total. The van der Waals surface area contributed by atoms with Crippen molar-refractivity contribution in [1.82, 2.24) is 15.5 Å². The number of amides is 3. The van der Waals surface area contributed by atoms with Crippen LogP contribution in [-0.2, 0) is 35.1 Å². The van der Waals surface area contributed by atoms with Gasteiger partial charge in [-0.05, 0) is 43.4 Å². The highest BCUT2D eigenvalue weighted by atomic mass is 16.5. The van der Waals surface area contributed by atoms with Crippen molar-refractivity contribution in [1.29, 1.82) is 0 Å². The van der Waals surface area contributed by atoms with Gasteiger partial charge in [0.25, 0.3) is 0 Å². The molecule has 0 aliphatic carbocycles. The third-order valence-electron chi connectivity index (χ3n) is 6.19.